The van der Waals surface area contributed by atoms with Crippen molar-refractivity contribution in [1.82, 2.24) is 20.0 Å². The largest absolute Gasteiger partial charge is 0.517 e. The zero-order chi connectivity index (χ0) is 25.1. The van der Waals surface area contributed by atoms with Crippen molar-refractivity contribution in [2.75, 3.05) is 59.4 Å². The molecule has 0 radical (unpaired) electrons. The molecule has 2 atom stereocenters. The van der Waals surface area contributed by atoms with E-state index in [0.29, 0.717) is 39.0 Å². The number of likely N-dealkylation sites (tertiary alicyclic amines) is 1. The van der Waals surface area contributed by atoms with Gasteiger partial charge in [-0.25, -0.2) is 9.28 Å². The smallest absolute Gasteiger partial charge is 0.481 e. The van der Waals surface area contributed by atoms with Gasteiger partial charge in [0, 0.05) is 58.7 Å². The monoisotopic (exact) mass is 483 g/mol. The lowest BCUT2D eigenvalue weighted by molar-refractivity contribution is -0.852. The lowest BCUT2D eigenvalue weighted by Crippen LogP contribution is -2.59. The maximum atomic E-state index is 12.9. The van der Waals surface area contributed by atoms with Crippen LogP contribution in [0.4, 0.5) is 9.59 Å². The number of nitrogens with zero attached hydrogens (tertiary/aromatic N) is 4. The summed E-state index contributed by atoms with van der Waals surface area (Å²) < 4.78 is 11.2. The van der Waals surface area contributed by atoms with Crippen molar-refractivity contribution in [1.29, 1.82) is 5.41 Å². The van der Waals surface area contributed by atoms with Crippen LogP contribution in [0.3, 0.4) is 0 Å². The summed E-state index contributed by atoms with van der Waals surface area (Å²) in [4.78, 5) is 41.7. The zero-order valence-corrected chi connectivity index (χ0v) is 20.7. The Morgan fingerprint density at radius 3 is 2.35 bits per heavy atom. The predicted molar refractivity (Wildman–Crippen MR) is 123 cm³/mol. The maximum absolute atomic E-state index is 12.9. The number of carboxylic acid groups (broad SMARTS) is 1. The summed E-state index contributed by atoms with van der Waals surface area (Å²) >= 11 is 0. The number of hydrogen-bond donors (Lipinski definition) is 3. The molecule has 192 valence electrons. The van der Waals surface area contributed by atoms with Gasteiger partial charge in [0.1, 0.15) is 18.2 Å². The number of alkyl carbamates (subject to hydrolysis) is 1. The Balaban J connectivity index is 1.47. The number of guanidine groups is 1. The van der Waals surface area contributed by atoms with E-state index in [-0.39, 0.29) is 35.2 Å². The van der Waals surface area contributed by atoms with Gasteiger partial charge in [0.05, 0.1) is 13.5 Å². The Morgan fingerprint density at radius 1 is 1.18 bits per heavy atom. The van der Waals surface area contributed by atoms with Gasteiger partial charge in [-0.05, 0) is 20.8 Å². The average Bonchev–Trinajstić information content (AvgIpc) is 3.07. The number of rotatable bonds is 5. The first-order chi connectivity index (χ1) is 15.9. The van der Waals surface area contributed by atoms with E-state index in [1.807, 2.05) is 7.05 Å². The third kappa shape index (κ3) is 6.57. The first-order valence-electron chi connectivity index (χ1n) is 12.0. The summed E-state index contributed by atoms with van der Waals surface area (Å²) in [5.41, 5.74) is -0.631. The SMILES string of the molecule is CC(C)(C)OC(=O)NC(=N)N1CCC([N+]2(C)CC(N3CCN(CCC(=O)O)CC3)OC2=O)CC1. The van der Waals surface area contributed by atoms with E-state index in [1.54, 1.807) is 25.7 Å². The summed E-state index contributed by atoms with van der Waals surface area (Å²) in [6.07, 6.45) is 0.409. The molecule has 3 fully saturated rings. The first-order valence-corrected chi connectivity index (χ1v) is 12.0. The molecule has 3 heterocycles. The van der Waals surface area contributed by atoms with Gasteiger partial charge < -0.3 is 24.4 Å². The predicted octanol–water partition coefficient (Wildman–Crippen LogP) is 0.925. The van der Waals surface area contributed by atoms with Crippen molar-refractivity contribution < 1.29 is 33.4 Å². The molecular weight excluding hydrogens is 444 g/mol. The number of carbonyl (C=O) groups is 3. The molecule has 3 saturated heterocycles. The maximum Gasteiger partial charge on any atom is 0.517 e. The van der Waals surface area contributed by atoms with E-state index in [0.717, 1.165) is 26.2 Å². The zero-order valence-electron chi connectivity index (χ0n) is 20.7. The second kappa shape index (κ2) is 10.4. The van der Waals surface area contributed by atoms with Crippen LogP contribution in [-0.4, -0.2) is 126 Å². The molecule has 3 N–H and O–H groups in total. The summed E-state index contributed by atoms with van der Waals surface area (Å²) in [7, 11) is 1.93. The minimum Gasteiger partial charge on any atom is -0.481 e. The summed E-state index contributed by atoms with van der Waals surface area (Å²) in [5.74, 6) is -0.778. The van der Waals surface area contributed by atoms with Crippen LogP contribution >= 0.6 is 0 Å². The van der Waals surface area contributed by atoms with E-state index >= 15 is 0 Å². The normalized spacial score (nSPS) is 27.4. The van der Waals surface area contributed by atoms with Gasteiger partial charge in [0.15, 0.2) is 0 Å². The number of piperazine rings is 1. The number of carbonyl (C=O) groups excluding carboxylic acids is 2. The summed E-state index contributed by atoms with van der Waals surface area (Å²) in [6, 6.07) is 0.0833. The standard InChI is InChI=1S/C22H38N6O6/c1-22(2,3)34-20(31)24-19(23)27-9-5-16(6-10-27)28(4)15-17(33-21(28)32)26-13-11-25(12-14-26)8-7-18(29)30/h16-17H,5-15H2,1-4H3,(H2-,23,24,29,30,31)/p+1. The number of carboxylic acids is 1. The number of nitrogens with one attached hydrogen (secondary N) is 2. The molecule has 3 aliphatic rings. The Hall–Kier alpha value is -2.44. The Bertz CT molecular complexity index is 785. The highest BCUT2D eigenvalue weighted by Gasteiger charge is 2.53. The minimum atomic E-state index is -0.790. The second-order valence-electron chi connectivity index (χ2n) is 10.5. The lowest BCUT2D eigenvalue weighted by atomic mass is 10.0. The number of ether oxygens (including phenoxy) is 2. The number of cyclic esters (lactones) is 1. The second-order valence-corrected chi connectivity index (χ2v) is 10.5. The highest BCUT2D eigenvalue weighted by molar-refractivity contribution is 5.92. The van der Waals surface area contributed by atoms with E-state index in [9.17, 15) is 14.4 Å². The molecule has 0 aliphatic carbocycles. The van der Waals surface area contributed by atoms with Crippen molar-refractivity contribution in [3.8, 4) is 0 Å². The van der Waals surface area contributed by atoms with Gasteiger partial charge in [0.25, 0.3) is 0 Å². The van der Waals surface area contributed by atoms with E-state index in [2.05, 4.69) is 15.1 Å². The van der Waals surface area contributed by atoms with Crippen LogP contribution < -0.4 is 5.32 Å². The fourth-order valence-electron chi connectivity index (χ4n) is 4.83. The van der Waals surface area contributed by atoms with Gasteiger partial charge in [-0.2, -0.15) is 4.79 Å². The number of likely N-dealkylation sites (N-methyl/N-ethyl adjacent to an activating group) is 1. The minimum absolute atomic E-state index is 0.0120. The average molecular weight is 484 g/mol. The Morgan fingerprint density at radius 2 is 1.79 bits per heavy atom. The van der Waals surface area contributed by atoms with Crippen molar-refractivity contribution in [2.45, 2.75) is 57.9 Å². The molecule has 2 amide bonds. The molecule has 2 unspecified atom stereocenters. The highest BCUT2D eigenvalue weighted by atomic mass is 16.6. The molecule has 3 rings (SSSR count). The Kier molecular flexibility index (Phi) is 8.04. The van der Waals surface area contributed by atoms with Gasteiger partial charge in [-0.1, -0.05) is 0 Å². The molecule has 0 bridgehead atoms. The quantitative estimate of drug-likeness (QED) is 0.296. The molecule has 0 aromatic carbocycles. The van der Waals surface area contributed by atoms with Crippen molar-refractivity contribution >= 4 is 24.1 Å². The molecule has 3 aliphatic heterocycles. The van der Waals surface area contributed by atoms with Gasteiger partial charge in [-0.15, -0.1) is 0 Å². The fourth-order valence-corrected chi connectivity index (χ4v) is 4.83. The molecule has 0 aromatic rings. The Labute approximate surface area is 200 Å². The van der Waals surface area contributed by atoms with Crippen LogP contribution in [0.2, 0.25) is 0 Å². The van der Waals surface area contributed by atoms with Gasteiger partial charge in [0.2, 0.25) is 12.2 Å². The van der Waals surface area contributed by atoms with Crippen LogP contribution in [0.25, 0.3) is 0 Å². The van der Waals surface area contributed by atoms with Crippen LogP contribution in [0.15, 0.2) is 0 Å². The van der Waals surface area contributed by atoms with Crippen LogP contribution in [-0.2, 0) is 14.3 Å². The van der Waals surface area contributed by atoms with Crippen LogP contribution in [0.5, 0.6) is 0 Å². The fraction of sp³-hybridized carbons (Fsp3) is 0.818. The first kappa shape index (κ1) is 26.2. The van der Waals surface area contributed by atoms with Crippen molar-refractivity contribution in [3.05, 3.63) is 0 Å². The van der Waals surface area contributed by atoms with Crippen LogP contribution in [0, 0.1) is 5.41 Å². The summed E-state index contributed by atoms with van der Waals surface area (Å²) in [5, 5.41) is 19.5. The summed E-state index contributed by atoms with van der Waals surface area (Å²) in [6.45, 7) is 10.6. The molecule has 0 aromatic heterocycles. The number of hydrogen-bond acceptors (Lipinski definition) is 8. The van der Waals surface area contributed by atoms with E-state index in [1.165, 1.54) is 0 Å². The van der Waals surface area contributed by atoms with Crippen molar-refractivity contribution in [3.63, 3.8) is 0 Å². The molecule has 12 heteroatoms. The van der Waals surface area contributed by atoms with Gasteiger partial charge >= 0.3 is 18.2 Å². The van der Waals surface area contributed by atoms with Crippen molar-refractivity contribution in [2.24, 2.45) is 0 Å². The van der Waals surface area contributed by atoms with E-state index < -0.39 is 17.7 Å². The number of aliphatic carboxylic acids is 1. The van der Waals surface area contributed by atoms with Gasteiger partial charge in [-0.3, -0.25) is 20.4 Å². The third-order valence-electron chi connectivity index (χ3n) is 6.85. The van der Waals surface area contributed by atoms with E-state index in [4.69, 9.17) is 20.0 Å². The number of quaternary nitrogens is 1. The van der Waals surface area contributed by atoms with Crippen LogP contribution in [0.1, 0.15) is 40.0 Å². The topological polar surface area (TPSA) is 136 Å². The molecule has 12 nitrogen and oxygen atoms in total. The third-order valence-corrected chi connectivity index (χ3v) is 6.85. The lowest BCUT2D eigenvalue weighted by Gasteiger charge is -2.40. The highest BCUT2D eigenvalue weighted by Crippen LogP contribution is 2.31. The number of piperidine rings is 1. The molecule has 34 heavy (non-hydrogen) atoms. The number of amides is 2. The molecular formula is C22H39N6O6+. The molecule has 0 spiro atoms. The molecule has 0 saturated carbocycles.